The van der Waals surface area contributed by atoms with Gasteiger partial charge in [-0.1, -0.05) is 23.7 Å². The number of nitrogens with one attached hydrogen (secondary N) is 1. The van der Waals surface area contributed by atoms with Crippen molar-refractivity contribution in [1.29, 1.82) is 0 Å². The molecule has 1 aliphatic carbocycles. The number of hydrogen-bond donors (Lipinski definition) is 2. The fourth-order valence-electron chi connectivity index (χ4n) is 5.77. The number of aromatic amines is 1. The lowest BCUT2D eigenvalue weighted by atomic mass is 9.93. The van der Waals surface area contributed by atoms with Gasteiger partial charge in [-0.25, -0.2) is 24.1 Å². The van der Waals surface area contributed by atoms with E-state index in [0.29, 0.717) is 35.5 Å². The zero-order chi connectivity index (χ0) is 30.2. The van der Waals surface area contributed by atoms with E-state index < -0.39 is 11.8 Å². The molecule has 2 N–H and O–H groups in total. The van der Waals surface area contributed by atoms with Crippen molar-refractivity contribution in [1.82, 2.24) is 34.6 Å². The number of aromatic carboxylic acids is 1. The van der Waals surface area contributed by atoms with Gasteiger partial charge < -0.3 is 14.4 Å². The molecule has 10 nitrogen and oxygen atoms in total. The first-order valence-corrected chi connectivity index (χ1v) is 15.2. The number of nitrogens with zero attached hydrogens (tertiary/aromatic N) is 6. The Morgan fingerprint density at radius 1 is 1.00 bits per heavy atom. The van der Waals surface area contributed by atoms with Gasteiger partial charge in [-0.05, 0) is 75.2 Å². The molecule has 12 heteroatoms. The molecule has 44 heavy (non-hydrogen) atoms. The van der Waals surface area contributed by atoms with Crippen molar-refractivity contribution in [3.63, 3.8) is 0 Å². The van der Waals surface area contributed by atoms with E-state index in [9.17, 15) is 14.3 Å². The number of hydrogen-bond acceptors (Lipinski definition) is 7. The summed E-state index contributed by atoms with van der Waals surface area (Å²) in [5, 5.41) is 17.4. The molecule has 4 heterocycles. The van der Waals surface area contributed by atoms with Crippen molar-refractivity contribution in [2.24, 2.45) is 0 Å². The van der Waals surface area contributed by atoms with Crippen molar-refractivity contribution in [3.8, 4) is 5.88 Å². The summed E-state index contributed by atoms with van der Waals surface area (Å²) in [5.41, 5.74) is 3.12. The number of halogens is 2. The van der Waals surface area contributed by atoms with Crippen LogP contribution >= 0.6 is 11.6 Å². The highest BCUT2D eigenvalue weighted by Gasteiger charge is 2.28. The number of piperidine rings is 1. The molecule has 2 fully saturated rings. The Hall–Kier alpha value is -4.35. The quantitative estimate of drug-likeness (QED) is 0.198. The number of fused-ring (bicyclic) bond motifs is 1. The van der Waals surface area contributed by atoms with Gasteiger partial charge in [0, 0.05) is 34.2 Å². The number of carbonyl (C=O) groups is 1. The van der Waals surface area contributed by atoms with E-state index in [1.807, 2.05) is 12.1 Å². The van der Waals surface area contributed by atoms with E-state index in [1.165, 1.54) is 6.07 Å². The number of pyridine rings is 1. The maximum absolute atomic E-state index is 14.2. The van der Waals surface area contributed by atoms with Gasteiger partial charge >= 0.3 is 5.97 Å². The Morgan fingerprint density at radius 2 is 1.84 bits per heavy atom. The van der Waals surface area contributed by atoms with E-state index in [2.05, 4.69) is 19.7 Å². The van der Waals surface area contributed by atoms with Crippen LogP contribution in [-0.2, 0) is 19.7 Å². The third-order valence-corrected chi connectivity index (χ3v) is 8.62. The molecule has 7 rings (SSSR count). The van der Waals surface area contributed by atoms with Crippen LogP contribution in [0.25, 0.3) is 11.0 Å². The lowest BCUT2D eigenvalue weighted by Gasteiger charge is -2.31. The number of imidazole rings is 1. The van der Waals surface area contributed by atoms with Gasteiger partial charge in [-0.2, -0.15) is 5.10 Å². The van der Waals surface area contributed by atoms with Crippen molar-refractivity contribution in [2.75, 3.05) is 13.1 Å². The number of likely N-dealkylation sites (tertiary alicyclic amines) is 1. The molecule has 0 atom stereocenters. The summed E-state index contributed by atoms with van der Waals surface area (Å²) < 4.78 is 22.0. The van der Waals surface area contributed by atoms with Crippen LogP contribution < -0.4 is 4.74 Å². The molecule has 3 aromatic heterocycles. The van der Waals surface area contributed by atoms with Crippen molar-refractivity contribution >= 4 is 28.6 Å². The highest BCUT2D eigenvalue weighted by molar-refractivity contribution is 6.30. The van der Waals surface area contributed by atoms with Crippen molar-refractivity contribution in [2.45, 2.75) is 57.2 Å². The third-order valence-electron chi connectivity index (χ3n) is 8.38. The lowest BCUT2D eigenvalue weighted by molar-refractivity contribution is 0.0697. The minimum absolute atomic E-state index is 0.0722. The van der Waals surface area contributed by atoms with Crippen LogP contribution in [0.4, 0.5) is 4.39 Å². The van der Waals surface area contributed by atoms with Crippen LogP contribution in [0.3, 0.4) is 0 Å². The Kier molecular flexibility index (Phi) is 7.73. The summed E-state index contributed by atoms with van der Waals surface area (Å²) in [6, 6.07) is 15.3. The molecular formula is C32H31ClFN7O3. The minimum Gasteiger partial charge on any atom is -0.478 e. The molecule has 2 aromatic carbocycles. The second kappa shape index (κ2) is 12.0. The molecule has 0 bridgehead atoms. The fourth-order valence-corrected chi connectivity index (χ4v) is 5.93. The number of ether oxygens (including phenoxy) is 1. The highest BCUT2D eigenvalue weighted by Crippen LogP contribution is 2.38. The molecule has 0 unspecified atom stereocenters. The van der Waals surface area contributed by atoms with Gasteiger partial charge in [-0.3, -0.25) is 10.00 Å². The zero-order valence-corrected chi connectivity index (χ0v) is 24.7. The van der Waals surface area contributed by atoms with Crippen LogP contribution in [0.2, 0.25) is 5.02 Å². The summed E-state index contributed by atoms with van der Waals surface area (Å²) in [6.07, 6.45) is 4.06. The Balaban J connectivity index is 1.03. The normalized spacial score (nSPS) is 16.0. The number of carboxylic acid groups (broad SMARTS) is 1. The van der Waals surface area contributed by atoms with E-state index in [0.717, 1.165) is 73.0 Å². The molecule has 1 aliphatic heterocycles. The van der Waals surface area contributed by atoms with Gasteiger partial charge in [0.2, 0.25) is 5.88 Å². The van der Waals surface area contributed by atoms with Gasteiger partial charge in [0.05, 0.1) is 29.7 Å². The molecular weight excluding hydrogens is 585 g/mol. The molecule has 0 radical (unpaired) electrons. The molecule has 1 saturated carbocycles. The zero-order valence-electron chi connectivity index (χ0n) is 23.9. The van der Waals surface area contributed by atoms with Crippen LogP contribution in [-0.4, -0.2) is 58.8 Å². The lowest BCUT2D eigenvalue weighted by Crippen LogP contribution is -2.33. The number of carboxylic acids is 1. The van der Waals surface area contributed by atoms with E-state index >= 15 is 0 Å². The van der Waals surface area contributed by atoms with E-state index in [4.69, 9.17) is 31.3 Å². The number of benzene rings is 2. The van der Waals surface area contributed by atoms with Crippen molar-refractivity contribution in [3.05, 3.63) is 99.7 Å². The summed E-state index contributed by atoms with van der Waals surface area (Å²) in [4.78, 5) is 28.4. The van der Waals surface area contributed by atoms with Crippen LogP contribution in [0, 0.1) is 5.82 Å². The monoisotopic (exact) mass is 615 g/mol. The van der Waals surface area contributed by atoms with E-state index in [-0.39, 0.29) is 18.1 Å². The van der Waals surface area contributed by atoms with Crippen LogP contribution in [0.1, 0.15) is 76.6 Å². The summed E-state index contributed by atoms with van der Waals surface area (Å²) in [6.45, 7) is 2.83. The van der Waals surface area contributed by atoms with Gasteiger partial charge in [-0.15, -0.1) is 0 Å². The predicted octanol–water partition coefficient (Wildman–Crippen LogP) is 5.92. The summed E-state index contributed by atoms with van der Waals surface area (Å²) >= 11 is 5.86. The Labute approximate surface area is 257 Å². The summed E-state index contributed by atoms with van der Waals surface area (Å²) in [5.74, 6) is 2.23. The molecule has 0 spiro atoms. The number of rotatable bonds is 10. The third kappa shape index (κ3) is 6.15. The minimum atomic E-state index is -0.973. The highest BCUT2D eigenvalue weighted by atomic mass is 35.5. The number of H-pyrrole nitrogens is 1. The predicted molar refractivity (Wildman–Crippen MR) is 161 cm³/mol. The van der Waals surface area contributed by atoms with Crippen LogP contribution in [0.5, 0.6) is 5.88 Å². The SMILES string of the molecule is O=C(O)c1ccc2nc(CN3CCC(c4cccc(OCc5ccc(Cl)cc5F)n4)CC3)n(Cc3nc(C4CC4)n[nH]3)c2c1. The molecule has 0 amide bonds. The largest absolute Gasteiger partial charge is 0.478 e. The Morgan fingerprint density at radius 3 is 2.61 bits per heavy atom. The standard InChI is InChI=1S/C32H31ClFN7O3/c33-23-8-6-22(24(34)15-23)18-44-30-3-1-2-25(36-30)19-10-12-40(13-11-19)17-29-35-26-9-7-21(32(42)43)14-27(26)41(29)16-28-37-31(39-38-28)20-4-5-20/h1-3,6-9,14-15,19-20H,4-5,10-13,16-18H2,(H,42,43)(H,37,38,39). The second-order valence-corrected chi connectivity index (χ2v) is 11.9. The maximum Gasteiger partial charge on any atom is 0.335 e. The van der Waals surface area contributed by atoms with E-state index in [1.54, 1.807) is 36.4 Å². The summed E-state index contributed by atoms with van der Waals surface area (Å²) in [7, 11) is 0. The second-order valence-electron chi connectivity index (χ2n) is 11.5. The van der Waals surface area contributed by atoms with Gasteiger partial charge in [0.15, 0.2) is 5.82 Å². The topological polar surface area (TPSA) is 122 Å². The number of aromatic nitrogens is 6. The molecule has 5 aromatic rings. The van der Waals surface area contributed by atoms with Gasteiger partial charge in [0.25, 0.3) is 0 Å². The molecule has 2 aliphatic rings. The van der Waals surface area contributed by atoms with Crippen molar-refractivity contribution < 1.29 is 19.0 Å². The fraction of sp³-hybridized carbons (Fsp3) is 0.344. The average Bonchev–Trinajstić information content (AvgIpc) is 3.68. The smallest absolute Gasteiger partial charge is 0.335 e. The average molecular weight is 616 g/mol. The molecule has 1 saturated heterocycles. The first-order valence-electron chi connectivity index (χ1n) is 14.8. The molecule has 226 valence electrons. The first kappa shape index (κ1) is 28.4. The Bertz CT molecular complexity index is 1830. The maximum atomic E-state index is 14.2. The first-order chi connectivity index (χ1) is 21.4. The van der Waals surface area contributed by atoms with Gasteiger partial charge in [0.1, 0.15) is 24.1 Å². The van der Waals surface area contributed by atoms with Crippen LogP contribution in [0.15, 0.2) is 54.6 Å².